The van der Waals surface area contributed by atoms with Crippen molar-refractivity contribution in [3.05, 3.63) is 53.1 Å². The molecule has 2 N–H and O–H groups in total. The third-order valence-electron chi connectivity index (χ3n) is 3.62. The minimum absolute atomic E-state index is 0.155. The molecule has 2 aromatic rings. The summed E-state index contributed by atoms with van der Waals surface area (Å²) in [7, 11) is 0. The summed E-state index contributed by atoms with van der Waals surface area (Å²) in [5.74, 6) is 1.18. The largest absolute Gasteiger partial charge is 0.454 e. The van der Waals surface area contributed by atoms with Crippen LogP contribution in [-0.2, 0) is 4.79 Å². The molecule has 0 spiro atoms. The van der Waals surface area contributed by atoms with E-state index in [1.165, 1.54) is 5.56 Å². The Morgan fingerprint density at radius 2 is 2.00 bits per heavy atom. The highest BCUT2D eigenvalue weighted by atomic mass is 16.7. The first-order valence-electron chi connectivity index (χ1n) is 7.64. The Kier molecular flexibility index (Phi) is 4.65. The van der Waals surface area contributed by atoms with Gasteiger partial charge in [-0.1, -0.05) is 17.7 Å². The molecule has 0 saturated heterocycles. The molecule has 1 aliphatic rings. The molecule has 0 atom stereocenters. The predicted octanol–water partition coefficient (Wildman–Crippen LogP) is 2.59. The van der Waals surface area contributed by atoms with Crippen LogP contribution in [-0.4, -0.2) is 25.5 Å². The number of nitrogens with zero attached hydrogens (tertiary/aromatic N) is 1. The van der Waals surface area contributed by atoms with E-state index in [1.54, 1.807) is 6.21 Å². The number of fused-ring (bicyclic) bond motifs is 1. The number of rotatable bonds is 5. The zero-order valence-corrected chi connectivity index (χ0v) is 13.6. The summed E-state index contributed by atoms with van der Waals surface area (Å²) < 4.78 is 10.5. The number of hydrogen-bond donors (Lipinski definition) is 2. The molecule has 0 fully saturated rings. The molecule has 1 amide bonds. The second kappa shape index (κ2) is 7.04. The van der Waals surface area contributed by atoms with Gasteiger partial charge >= 0.3 is 0 Å². The van der Waals surface area contributed by atoms with Crippen LogP contribution in [0, 0.1) is 13.8 Å². The van der Waals surface area contributed by atoms with Gasteiger partial charge in [0.2, 0.25) is 6.79 Å². The maximum absolute atomic E-state index is 11.8. The molecular weight excluding hydrogens is 306 g/mol. The van der Waals surface area contributed by atoms with Crippen LogP contribution < -0.4 is 20.2 Å². The van der Waals surface area contributed by atoms with Crippen molar-refractivity contribution in [2.75, 3.05) is 18.7 Å². The van der Waals surface area contributed by atoms with Crippen LogP contribution >= 0.6 is 0 Å². The predicted molar refractivity (Wildman–Crippen MR) is 92.7 cm³/mol. The zero-order valence-electron chi connectivity index (χ0n) is 13.6. The molecule has 2 aromatic carbocycles. The molecular formula is C18H19N3O3. The Balaban J connectivity index is 1.50. The summed E-state index contributed by atoms with van der Waals surface area (Å²) in [4.78, 5) is 11.8. The average molecular weight is 325 g/mol. The molecule has 24 heavy (non-hydrogen) atoms. The van der Waals surface area contributed by atoms with Crippen LogP contribution in [0.1, 0.15) is 16.7 Å². The molecule has 0 aromatic heterocycles. The first-order valence-corrected chi connectivity index (χ1v) is 7.64. The normalized spacial score (nSPS) is 12.4. The van der Waals surface area contributed by atoms with Crippen molar-refractivity contribution < 1.29 is 14.3 Å². The number of hydrazone groups is 1. The summed E-state index contributed by atoms with van der Waals surface area (Å²) in [5.41, 5.74) is 6.55. The van der Waals surface area contributed by atoms with Crippen LogP contribution in [0.15, 0.2) is 41.5 Å². The quantitative estimate of drug-likeness (QED) is 0.655. The Hall–Kier alpha value is -3.02. The fourth-order valence-electron chi connectivity index (χ4n) is 2.40. The SMILES string of the molecule is Cc1ccc(NCC(=O)N/N=C/c2ccc3c(c2)OCO3)c(C)c1. The number of carbonyl (C=O) groups excluding carboxylic acids is 1. The van der Waals surface area contributed by atoms with Gasteiger partial charge in [0.15, 0.2) is 11.5 Å². The van der Waals surface area contributed by atoms with Gasteiger partial charge in [-0.05, 0) is 49.2 Å². The van der Waals surface area contributed by atoms with E-state index < -0.39 is 0 Å². The van der Waals surface area contributed by atoms with Gasteiger partial charge in [-0.3, -0.25) is 4.79 Å². The number of amides is 1. The van der Waals surface area contributed by atoms with Crippen molar-refractivity contribution in [1.29, 1.82) is 0 Å². The van der Waals surface area contributed by atoms with Crippen molar-refractivity contribution in [1.82, 2.24) is 5.43 Å². The first kappa shape index (κ1) is 15.9. The van der Waals surface area contributed by atoms with Crippen molar-refractivity contribution in [2.45, 2.75) is 13.8 Å². The van der Waals surface area contributed by atoms with Crippen LogP contribution in [0.5, 0.6) is 11.5 Å². The Morgan fingerprint density at radius 3 is 2.83 bits per heavy atom. The molecule has 3 rings (SSSR count). The lowest BCUT2D eigenvalue weighted by molar-refractivity contribution is -0.119. The Morgan fingerprint density at radius 1 is 1.17 bits per heavy atom. The number of nitrogens with one attached hydrogen (secondary N) is 2. The minimum Gasteiger partial charge on any atom is -0.454 e. The van der Waals surface area contributed by atoms with Crippen molar-refractivity contribution >= 4 is 17.8 Å². The molecule has 0 unspecified atom stereocenters. The standard InChI is InChI=1S/C18H19N3O3/c1-12-3-5-15(13(2)7-12)19-10-18(22)21-20-9-14-4-6-16-17(8-14)24-11-23-16/h3-9,19H,10-11H2,1-2H3,(H,21,22)/b20-9+. The summed E-state index contributed by atoms with van der Waals surface area (Å²) >= 11 is 0. The Bertz CT molecular complexity index is 787. The molecule has 6 nitrogen and oxygen atoms in total. The molecule has 6 heteroatoms. The fourth-order valence-corrected chi connectivity index (χ4v) is 2.40. The molecule has 0 bridgehead atoms. The lowest BCUT2D eigenvalue weighted by Gasteiger charge is -2.09. The summed E-state index contributed by atoms with van der Waals surface area (Å²) in [6.07, 6.45) is 1.57. The number of anilines is 1. The van der Waals surface area contributed by atoms with Gasteiger partial charge in [0.25, 0.3) is 5.91 Å². The molecule has 0 radical (unpaired) electrons. The van der Waals surface area contributed by atoms with Crippen LogP contribution in [0.2, 0.25) is 0 Å². The molecule has 0 aliphatic carbocycles. The van der Waals surface area contributed by atoms with Gasteiger partial charge in [0, 0.05) is 5.69 Å². The van der Waals surface area contributed by atoms with E-state index in [-0.39, 0.29) is 19.2 Å². The third-order valence-corrected chi connectivity index (χ3v) is 3.62. The van der Waals surface area contributed by atoms with Gasteiger partial charge in [0.1, 0.15) is 0 Å². The molecule has 124 valence electrons. The average Bonchev–Trinajstić information content (AvgIpc) is 3.02. The van der Waals surface area contributed by atoms with Gasteiger partial charge in [-0.15, -0.1) is 0 Å². The highest BCUT2D eigenvalue weighted by molar-refractivity contribution is 5.85. The fraction of sp³-hybridized carbons (Fsp3) is 0.222. The van der Waals surface area contributed by atoms with Crippen LogP contribution in [0.3, 0.4) is 0 Å². The van der Waals surface area contributed by atoms with Gasteiger partial charge < -0.3 is 14.8 Å². The van der Waals surface area contributed by atoms with E-state index in [0.717, 1.165) is 16.8 Å². The van der Waals surface area contributed by atoms with Gasteiger partial charge in [-0.2, -0.15) is 5.10 Å². The van der Waals surface area contributed by atoms with E-state index in [9.17, 15) is 4.79 Å². The molecule has 1 heterocycles. The van der Waals surface area contributed by atoms with E-state index in [4.69, 9.17) is 9.47 Å². The highest BCUT2D eigenvalue weighted by Crippen LogP contribution is 2.31. The number of hydrogen-bond acceptors (Lipinski definition) is 5. The van der Waals surface area contributed by atoms with Crippen molar-refractivity contribution in [3.63, 3.8) is 0 Å². The number of ether oxygens (including phenoxy) is 2. The van der Waals surface area contributed by atoms with Crippen LogP contribution in [0.4, 0.5) is 5.69 Å². The molecule has 0 saturated carbocycles. The topological polar surface area (TPSA) is 72.0 Å². The highest BCUT2D eigenvalue weighted by Gasteiger charge is 2.12. The lowest BCUT2D eigenvalue weighted by Crippen LogP contribution is -2.26. The second-order valence-electron chi connectivity index (χ2n) is 5.58. The van der Waals surface area contributed by atoms with Gasteiger partial charge in [0.05, 0.1) is 12.8 Å². The Labute approximate surface area is 140 Å². The first-order chi connectivity index (χ1) is 11.6. The van der Waals surface area contributed by atoms with E-state index in [0.29, 0.717) is 11.5 Å². The second-order valence-corrected chi connectivity index (χ2v) is 5.58. The number of benzene rings is 2. The van der Waals surface area contributed by atoms with Crippen LogP contribution in [0.25, 0.3) is 0 Å². The maximum atomic E-state index is 11.8. The van der Waals surface area contributed by atoms with Gasteiger partial charge in [-0.25, -0.2) is 5.43 Å². The van der Waals surface area contributed by atoms with E-state index in [2.05, 4.69) is 21.9 Å². The van der Waals surface area contributed by atoms with Crippen molar-refractivity contribution in [2.24, 2.45) is 5.10 Å². The van der Waals surface area contributed by atoms with E-state index in [1.807, 2.05) is 44.2 Å². The van der Waals surface area contributed by atoms with Crippen molar-refractivity contribution in [3.8, 4) is 11.5 Å². The summed E-state index contributed by atoms with van der Waals surface area (Å²) in [6.45, 7) is 4.43. The maximum Gasteiger partial charge on any atom is 0.259 e. The zero-order chi connectivity index (χ0) is 16.9. The number of carbonyl (C=O) groups is 1. The third kappa shape index (κ3) is 3.84. The lowest BCUT2D eigenvalue weighted by atomic mass is 10.1. The minimum atomic E-state index is -0.216. The smallest absolute Gasteiger partial charge is 0.259 e. The molecule has 1 aliphatic heterocycles. The van der Waals surface area contributed by atoms with E-state index >= 15 is 0 Å². The number of aryl methyl sites for hydroxylation is 2. The summed E-state index contributed by atoms with van der Waals surface area (Å²) in [5, 5.41) is 7.06. The monoisotopic (exact) mass is 325 g/mol. The summed E-state index contributed by atoms with van der Waals surface area (Å²) in [6, 6.07) is 11.5.